The van der Waals surface area contributed by atoms with Crippen molar-refractivity contribution in [3.63, 3.8) is 0 Å². The van der Waals surface area contributed by atoms with Crippen LogP contribution in [0, 0.1) is 12.8 Å². The molecule has 1 saturated heterocycles. The molecule has 1 fully saturated rings. The Kier molecular flexibility index (Phi) is 5.88. The van der Waals surface area contributed by atoms with E-state index in [-0.39, 0.29) is 24.2 Å². The van der Waals surface area contributed by atoms with E-state index in [0.29, 0.717) is 18.8 Å². The molecule has 1 aromatic carbocycles. The molecule has 6 nitrogen and oxygen atoms in total. The molecule has 1 atom stereocenters. The molecule has 0 aliphatic carbocycles. The van der Waals surface area contributed by atoms with Crippen LogP contribution in [0.4, 0.5) is 5.69 Å². The van der Waals surface area contributed by atoms with E-state index in [0.717, 1.165) is 24.2 Å². The number of hydrogen-bond acceptors (Lipinski definition) is 5. The summed E-state index contributed by atoms with van der Waals surface area (Å²) in [4.78, 5) is 31.9. The summed E-state index contributed by atoms with van der Waals surface area (Å²) in [5, 5.41) is 2.96. The Labute approximate surface area is 157 Å². The minimum Gasteiger partial charge on any atom is -0.495 e. The Morgan fingerprint density at radius 3 is 2.96 bits per heavy atom. The van der Waals surface area contributed by atoms with Crippen LogP contribution in [0.5, 0.6) is 5.75 Å². The summed E-state index contributed by atoms with van der Waals surface area (Å²) in [6, 6.07) is 7.38. The second-order valence-electron chi connectivity index (χ2n) is 6.33. The van der Waals surface area contributed by atoms with Crippen molar-refractivity contribution >= 4 is 28.8 Å². The number of aromatic nitrogens is 1. The van der Waals surface area contributed by atoms with Crippen LogP contribution < -0.4 is 15.0 Å². The van der Waals surface area contributed by atoms with E-state index < -0.39 is 0 Å². The number of anilines is 1. The monoisotopic (exact) mass is 373 g/mol. The number of hydrogen-bond donors (Lipinski definition) is 1. The summed E-state index contributed by atoms with van der Waals surface area (Å²) < 4.78 is 5.33. The van der Waals surface area contributed by atoms with Gasteiger partial charge in [0.05, 0.1) is 29.9 Å². The van der Waals surface area contributed by atoms with Crippen molar-refractivity contribution in [2.24, 2.45) is 5.92 Å². The number of nitrogens with zero attached hydrogens (tertiary/aromatic N) is 2. The van der Waals surface area contributed by atoms with Gasteiger partial charge in [0.25, 0.3) is 0 Å². The normalized spacial score (nSPS) is 16.8. The zero-order valence-electron chi connectivity index (χ0n) is 15.0. The number of para-hydroxylation sites is 2. The van der Waals surface area contributed by atoms with E-state index in [2.05, 4.69) is 10.3 Å². The second kappa shape index (κ2) is 8.31. The van der Waals surface area contributed by atoms with Gasteiger partial charge in [-0.2, -0.15) is 0 Å². The molecule has 1 aliphatic heterocycles. The van der Waals surface area contributed by atoms with E-state index in [1.807, 2.05) is 36.7 Å². The zero-order chi connectivity index (χ0) is 18.5. The number of methoxy groups -OCH3 is 1. The molecule has 1 aliphatic rings. The number of carbonyl (C=O) groups excluding carboxylic acids is 2. The van der Waals surface area contributed by atoms with Crippen LogP contribution in [0.15, 0.2) is 29.8 Å². The smallest absolute Gasteiger partial charge is 0.227 e. The third kappa shape index (κ3) is 4.04. The van der Waals surface area contributed by atoms with E-state index >= 15 is 0 Å². The molecule has 0 bridgehead atoms. The highest BCUT2D eigenvalue weighted by atomic mass is 32.1. The van der Waals surface area contributed by atoms with Crippen molar-refractivity contribution in [1.82, 2.24) is 10.3 Å². The molecule has 2 amide bonds. The maximum atomic E-state index is 12.4. The summed E-state index contributed by atoms with van der Waals surface area (Å²) in [6.45, 7) is 3.00. The number of rotatable bonds is 7. The fourth-order valence-electron chi connectivity index (χ4n) is 3.14. The molecule has 7 heteroatoms. The summed E-state index contributed by atoms with van der Waals surface area (Å²) in [5.41, 5.74) is 3.63. The summed E-state index contributed by atoms with van der Waals surface area (Å²) in [6.07, 6.45) is 2.01. The van der Waals surface area contributed by atoms with Gasteiger partial charge in [0, 0.05) is 24.4 Å². The standard InChI is InChI=1S/C19H23N3O3S/c1-13-17(26-12-21-13)8-5-9-20-19(24)14-10-18(23)22(11-14)15-6-3-4-7-16(15)25-2/h3-4,6-7,12,14H,5,8-11H2,1-2H3,(H,20,24)/t14-/m0/s1. The maximum Gasteiger partial charge on any atom is 0.227 e. The Bertz CT molecular complexity index is 790. The SMILES string of the molecule is COc1ccccc1N1C[C@@H](C(=O)NCCCc2scnc2C)CC1=O. The maximum absolute atomic E-state index is 12.4. The van der Waals surface area contributed by atoms with Gasteiger partial charge >= 0.3 is 0 Å². The van der Waals surface area contributed by atoms with Crippen LogP contribution in [0.25, 0.3) is 0 Å². The van der Waals surface area contributed by atoms with Gasteiger partial charge in [0.1, 0.15) is 5.75 Å². The summed E-state index contributed by atoms with van der Waals surface area (Å²) in [5.74, 6) is 0.214. The van der Waals surface area contributed by atoms with Gasteiger partial charge in [0.2, 0.25) is 11.8 Å². The first-order valence-corrected chi connectivity index (χ1v) is 9.58. The first kappa shape index (κ1) is 18.4. The molecule has 0 unspecified atom stereocenters. The van der Waals surface area contributed by atoms with Crippen LogP contribution in [0.1, 0.15) is 23.4 Å². The van der Waals surface area contributed by atoms with Crippen LogP contribution in [0.2, 0.25) is 0 Å². The predicted molar refractivity (Wildman–Crippen MR) is 102 cm³/mol. The summed E-state index contributed by atoms with van der Waals surface area (Å²) in [7, 11) is 1.58. The molecule has 26 heavy (non-hydrogen) atoms. The number of carbonyl (C=O) groups is 2. The van der Waals surface area contributed by atoms with Crippen molar-refractivity contribution < 1.29 is 14.3 Å². The molecular formula is C19H23N3O3S. The number of nitrogens with one attached hydrogen (secondary N) is 1. The number of ether oxygens (including phenoxy) is 1. The minimum atomic E-state index is -0.322. The highest BCUT2D eigenvalue weighted by molar-refractivity contribution is 7.09. The lowest BCUT2D eigenvalue weighted by Gasteiger charge is -2.19. The van der Waals surface area contributed by atoms with Crippen molar-refractivity contribution in [2.45, 2.75) is 26.2 Å². The fraction of sp³-hybridized carbons (Fsp3) is 0.421. The van der Waals surface area contributed by atoms with E-state index in [4.69, 9.17) is 4.74 Å². The van der Waals surface area contributed by atoms with Gasteiger partial charge in [-0.1, -0.05) is 12.1 Å². The molecule has 0 radical (unpaired) electrons. The van der Waals surface area contributed by atoms with Gasteiger partial charge in [-0.3, -0.25) is 9.59 Å². The molecule has 2 aromatic rings. The summed E-state index contributed by atoms with van der Waals surface area (Å²) >= 11 is 1.65. The molecule has 0 spiro atoms. The average Bonchev–Trinajstić information content (AvgIpc) is 3.24. The first-order chi connectivity index (χ1) is 12.6. The highest BCUT2D eigenvalue weighted by Crippen LogP contribution is 2.32. The van der Waals surface area contributed by atoms with Gasteiger partial charge < -0.3 is 15.0 Å². The zero-order valence-corrected chi connectivity index (χ0v) is 15.8. The fourth-order valence-corrected chi connectivity index (χ4v) is 3.96. The lowest BCUT2D eigenvalue weighted by molar-refractivity contribution is -0.126. The van der Waals surface area contributed by atoms with Gasteiger partial charge in [-0.05, 0) is 31.9 Å². The van der Waals surface area contributed by atoms with Gasteiger partial charge in [-0.25, -0.2) is 4.98 Å². The van der Waals surface area contributed by atoms with Crippen LogP contribution in [-0.2, 0) is 16.0 Å². The van der Waals surface area contributed by atoms with Crippen molar-refractivity contribution in [1.29, 1.82) is 0 Å². The average molecular weight is 373 g/mol. The topological polar surface area (TPSA) is 71.5 Å². The van der Waals surface area contributed by atoms with Crippen molar-refractivity contribution in [3.05, 3.63) is 40.3 Å². The van der Waals surface area contributed by atoms with Gasteiger partial charge in [-0.15, -0.1) is 11.3 Å². The van der Waals surface area contributed by atoms with E-state index in [9.17, 15) is 9.59 Å². The van der Waals surface area contributed by atoms with Crippen LogP contribution in [0.3, 0.4) is 0 Å². The molecule has 3 rings (SSSR count). The predicted octanol–water partition coefficient (Wildman–Crippen LogP) is 2.56. The highest BCUT2D eigenvalue weighted by Gasteiger charge is 2.36. The van der Waals surface area contributed by atoms with Crippen LogP contribution in [-0.4, -0.2) is 37.0 Å². The van der Waals surface area contributed by atoms with Crippen molar-refractivity contribution in [3.8, 4) is 5.75 Å². The Morgan fingerprint density at radius 2 is 2.23 bits per heavy atom. The first-order valence-electron chi connectivity index (χ1n) is 8.70. The van der Waals surface area contributed by atoms with E-state index in [1.165, 1.54) is 4.88 Å². The third-order valence-corrected chi connectivity index (χ3v) is 5.59. The third-order valence-electron chi connectivity index (χ3n) is 4.60. The van der Waals surface area contributed by atoms with Crippen LogP contribution >= 0.6 is 11.3 Å². The van der Waals surface area contributed by atoms with Gasteiger partial charge in [0.15, 0.2) is 0 Å². The lowest BCUT2D eigenvalue weighted by atomic mass is 10.1. The Morgan fingerprint density at radius 1 is 1.42 bits per heavy atom. The number of amides is 2. The Hall–Kier alpha value is -2.41. The molecule has 138 valence electrons. The number of thiazole rings is 1. The van der Waals surface area contributed by atoms with Crippen molar-refractivity contribution in [2.75, 3.05) is 25.1 Å². The molecule has 1 N–H and O–H groups in total. The Balaban J connectivity index is 1.51. The lowest BCUT2D eigenvalue weighted by Crippen LogP contribution is -2.33. The largest absolute Gasteiger partial charge is 0.495 e. The van der Waals surface area contributed by atoms with E-state index in [1.54, 1.807) is 23.3 Å². The molecule has 1 aromatic heterocycles. The molecular weight excluding hydrogens is 350 g/mol. The molecule has 0 saturated carbocycles. The molecule has 2 heterocycles. The second-order valence-corrected chi connectivity index (χ2v) is 7.27. The number of aryl methyl sites for hydroxylation is 2. The quantitative estimate of drug-likeness (QED) is 0.757. The number of benzene rings is 1. The minimum absolute atomic E-state index is 0.0464.